The molecule has 3 heteroatoms. The summed E-state index contributed by atoms with van der Waals surface area (Å²) in [6.45, 7) is 3.55. The molecule has 60 valence electrons. The third kappa shape index (κ3) is 1.38. The van der Waals surface area contributed by atoms with Gasteiger partial charge in [-0.05, 0) is 18.2 Å². The quantitative estimate of drug-likeness (QED) is 0.480. The fraction of sp³-hybridized carbons (Fsp3) is 0. The highest BCUT2D eigenvalue weighted by atomic mass is 14.6. The number of anilines is 2. The average Bonchev–Trinajstić information content (AvgIpc) is 2.03. The van der Waals surface area contributed by atoms with E-state index in [4.69, 9.17) is 16.7 Å². The van der Waals surface area contributed by atoms with Crippen molar-refractivity contribution in [3.8, 4) is 6.07 Å². The molecule has 0 aromatic heterocycles. The fourth-order valence-corrected chi connectivity index (χ4v) is 0.916. The van der Waals surface area contributed by atoms with E-state index in [1.165, 1.54) is 0 Å². The maximum atomic E-state index is 8.55. The molecule has 0 fully saturated rings. The molecule has 1 aromatic rings. The minimum atomic E-state index is 0.354. The second-order valence-corrected chi connectivity index (χ2v) is 2.44. The molecular formula is C9H9N3. The lowest BCUT2D eigenvalue weighted by molar-refractivity contribution is 1.52. The first kappa shape index (κ1) is 8.15. The van der Waals surface area contributed by atoms with E-state index in [1.807, 2.05) is 6.07 Å². The van der Waals surface area contributed by atoms with Gasteiger partial charge in [0, 0.05) is 16.9 Å². The van der Waals surface area contributed by atoms with Crippen LogP contribution < -0.4 is 11.5 Å². The summed E-state index contributed by atoms with van der Waals surface area (Å²) in [6, 6.07) is 6.91. The first-order chi connectivity index (χ1) is 5.65. The normalized spacial score (nSPS) is 8.92. The van der Waals surface area contributed by atoms with Gasteiger partial charge in [0.05, 0.1) is 11.6 Å². The van der Waals surface area contributed by atoms with Crippen LogP contribution in [-0.2, 0) is 0 Å². The summed E-state index contributed by atoms with van der Waals surface area (Å²) in [6.07, 6.45) is 0. The average molecular weight is 159 g/mol. The molecule has 0 spiro atoms. The highest BCUT2D eigenvalue weighted by Crippen LogP contribution is 2.21. The molecule has 0 radical (unpaired) electrons. The van der Waals surface area contributed by atoms with Gasteiger partial charge in [-0.25, -0.2) is 0 Å². The predicted octanol–water partition coefficient (Wildman–Crippen LogP) is 1.39. The standard InChI is InChI=1S/C9H9N3/c1-6(5-10)8-3-2-7(11)4-9(8)12/h2-4H,1,11-12H2. The molecule has 1 rings (SSSR count). The van der Waals surface area contributed by atoms with Crippen molar-refractivity contribution in [2.75, 3.05) is 11.5 Å². The first-order valence-corrected chi connectivity index (χ1v) is 3.39. The summed E-state index contributed by atoms with van der Waals surface area (Å²) in [5.41, 5.74) is 13.2. The van der Waals surface area contributed by atoms with Crippen molar-refractivity contribution in [2.24, 2.45) is 0 Å². The van der Waals surface area contributed by atoms with Crippen LogP contribution in [0.1, 0.15) is 5.56 Å². The summed E-state index contributed by atoms with van der Waals surface area (Å²) in [4.78, 5) is 0. The number of nitrogen functional groups attached to an aromatic ring is 2. The molecule has 0 aliphatic rings. The third-order valence-electron chi connectivity index (χ3n) is 1.54. The van der Waals surface area contributed by atoms with Crippen molar-refractivity contribution in [1.82, 2.24) is 0 Å². The zero-order valence-corrected chi connectivity index (χ0v) is 6.54. The molecule has 4 N–H and O–H groups in total. The van der Waals surface area contributed by atoms with Crippen LogP contribution in [0.4, 0.5) is 11.4 Å². The lowest BCUT2D eigenvalue weighted by atomic mass is 10.1. The monoisotopic (exact) mass is 159 g/mol. The maximum absolute atomic E-state index is 8.55. The zero-order valence-electron chi connectivity index (χ0n) is 6.54. The number of nitrogens with zero attached hydrogens (tertiary/aromatic N) is 1. The van der Waals surface area contributed by atoms with E-state index in [2.05, 4.69) is 6.58 Å². The summed E-state index contributed by atoms with van der Waals surface area (Å²) in [5, 5.41) is 8.55. The van der Waals surface area contributed by atoms with Gasteiger partial charge in [-0.15, -0.1) is 0 Å². The Hall–Kier alpha value is -1.95. The first-order valence-electron chi connectivity index (χ1n) is 3.39. The van der Waals surface area contributed by atoms with E-state index < -0.39 is 0 Å². The van der Waals surface area contributed by atoms with Gasteiger partial charge in [0.15, 0.2) is 0 Å². The molecule has 0 unspecified atom stereocenters. The Bertz CT molecular complexity index is 361. The van der Waals surface area contributed by atoms with Crippen molar-refractivity contribution in [2.45, 2.75) is 0 Å². The van der Waals surface area contributed by atoms with Crippen LogP contribution in [0.3, 0.4) is 0 Å². The molecule has 0 bridgehead atoms. The second kappa shape index (κ2) is 2.97. The van der Waals surface area contributed by atoms with Gasteiger partial charge in [-0.1, -0.05) is 6.58 Å². The van der Waals surface area contributed by atoms with E-state index in [9.17, 15) is 0 Å². The van der Waals surface area contributed by atoms with Crippen LogP contribution in [0.5, 0.6) is 0 Å². The Morgan fingerprint density at radius 1 is 1.42 bits per heavy atom. The third-order valence-corrected chi connectivity index (χ3v) is 1.54. The van der Waals surface area contributed by atoms with Gasteiger partial charge in [0.1, 0.15) is 0 Å². The number of nitriles is 1. The molecule has 0 heterocycles. The van der Waals surface area contributed by atoms with Crippen molar-refractivity contribution in [3.05, 3.63) is 30.3 Å². The van der Waals surface area contributed by atoms with E-state index in [-0.39, 0.29) is 0 Å². The Kier molecular flexibility index (Phi) is 2.02. The largest absolute Gasteiger partial charge is 0.399 e. The summed E-state index contributed by atoms with van der Waals surface area (Å²) >= 11 is 0. The van der Waals surface area contributed by atoms with E-state index in [1.54, 1.807) is 18.2 Å². The number of hydrogen-bond acceptors (Lipinski definition) is 3. The molecule has 3 nitrogen and oxygen atoms in total. The van der Waals surface area contributed by atoms with E-state index in [0.717, 1.165) is 0 Å². The molecule has 0 amide bonds. The van der Waals surface area contributed by atoms with Crippen LogP contribution in [0.15, 0.2) is 24.8 Å². The van der Waals surface area contributed by atoms with Gasteiger partial charge < -0.3 is 11.5 Å². The van der Waals surface area contributed by atoms with Crippen molar-refractivity contribution >= 4 is 16.9 Å². The van der Waals surface area contributed by atoms with Gasteiger partial charge in [-0.2, -0.15) is 5.26 Å². The second-order valence-electron chi connectivity index (χ2n) is 2.44. The van der Waals surface area contributed by atoms with Gasteiger partial charge in [-0.3, -0.25) is 0 Å². The number of nitrogens with two attached hydrogens (primary N) is 2. The smallest absolute Gasteiger partial charge is 0.0992 e. The molecule has 0 aliphatic heterocycles. The maximum Gasteiger partial charge on any atom is 0.0992 e. The van der Waals surface area contributed by atoms with E-state index in [0.29, 0.717) is 22.5 Å². The summed E-state index contributed by atoms with van der Waals surface area (Å²) < 4.78 is 0. The Labute approximate surface area is 70.9 Å². The lowest BCUT2D eigenvalue weighted by Gasteiger charge is -2.02. The van der Waals surface area contributed by atoms with Crippen LogP contribution in [-0.4, -0.2) is 0 Å². The van der Waals surface area contributed by atoms with Crippen LogP contribution in [0.25, 0.3) is 5.57 Å². The van der Waals surface area contributed by atoms with Gasteiger partial charge >= 0.3 is 0 Å². The molecule has 0 saturated heterocycles. The van der Waals surface area contributed by atoms with Crippen molar-refractivity contribution < 1.29 is 0 Å². The van der Waals surface area contributed by atoms with Gasteiger partial charge in [0.25, 0.3) is 0 Å². The topological polar surface area (TPSA) is 75.8 Å². The molecule has 0 atom stereocenters. The fourth-order valence-electron chi connectivity index (χ4n) is 0.916. The highest BCUT2D eigenvalue weighted by molar-refractivity contribution is 5.83. The molecule has 0 aliphatic carbocycles. The number of allylic oxidation sites excluding steroid dienone is 1. The molecule has 12 heavy (non-hydrogen) atoms. The minimum Gasteiger partial charge on any atom is -0.399 e. The van der Waals surface area contributed by atoms with Crippen molar-refractivity contribution in [1.29, 1.82) is 5.26 Å². The minimum absolute atomic E-state index is 0.354. The Balaban J connectivity index is 3.20. The molecule has 1 aromatic carbocycles. The molecular weight excluding hydrogens is 150 g/mol. The Morgan fingerprint density at radius 3 is 2.58 bits per heavy atom. The molecule has 0 saturated carbocycles. The summed E-state index contributed by atoms with van der Waals surface area (Å²) in [5.74, 6) is 0. The van der Waals surface area contributed by atoms with Gasteiger partial charge in [0.2, 0.25) is 0 Å². The Morgan fingerprint density at radius 2 is 2.08 bits per heavy atom. The van der Waals surface area contributed by atoms with Crippen LogP contribution >= 0.6 is 0 Å². The SMILES string of the molecule is C=C(C#N)c1ccc(N)cc1N. The summed E-state index contributed by atoms with van der Waals surface area (Å²) in [7, 11) is 0. The number of benzene rings is 1. The number of rotatable bonds is 1. The predicted molar refractivity (Wildman–Crippen MR) is 49.9 cm³/mol. The van der Waals surface area contributed by atoms with Crippen LogP contribution in [0, 0.1) is 11.3 Å². The highest BCUT2D eigenvalue weighted by Gasteiger charge is 2.01. The van der Waals surface area contributed by atoms with Crippen molar-refractivity contribution in [3.63, 3.8) is 0 Å². The lowest BCUT2D eigenvalue weighted by Crippen LogP contribution is -1.94. The zero-order chi connectivity index (χ0) is 9.14. The van der Waals surface area contributed by atoms with Crippen LogP contribution in [0.2, 0.25) is 0 Å². The number of hydrogen-bond donors (Lipinski definition) is 2. The van der Waals surface area contributed by atoms with E-state index >= 15 is 0 Å².